The van der Waals surface area contributed by atoms with Gasteiger partial charge in [-0.3, -0.25) is 9.59 Å². The number of nitrogens with zero attached hydrogens (tertiary/aromatic N) is 2. The molecule has 1 aromatic heterocycles. The van der Waals surface area contributed by atoms with Crippen LogP contribution in [-0.2, 0) is 7.05 Å². The molecule has 0 unspecified atom stereocenters. The number of amides is 1. The van der Waals surface area contributed by atoms with E-state index in [1.54, 1.807) is 49.5 Å². The molecule has 0 saturated heterocycles. The maximum absolute atomic E-state index is 12.3. The Hall–Kier alpha value is -2.66. The van der Waals surface area contributed by atoms with Gasteiger partial charge in [0.2, 0.25) is 0 Å². The number of nitrogens with one attached hydrogen (secondary N) is 1. The summed E-state index contributed by atoms with van der Waals surface area (Å²) in [5.74, 6) is -0.548. The SMILES string of the molecule is Cn1c(=O)c(C(=O)Nc2ccc(Cl)cc2)nc2ccccc21. The highest BCUT2D eigenvalue weighted by Gasteiger charge is 2.16. The van der Waals surface area contributed by atoms with Crippen LogP contribution in [0.15, 0.2) is 53.3 Å². The van der Waals surface area contributed by atoms with Crippen molar-refractivity contribution in [3.8, 4) is 0 Å². The summed E-state index contributed by atoms with van der Waals surface area (Å²) in [4.78, 5) is 28.8. The second kappa shape index (κ2) is 5.61. The number of anilines is 1. The maximum atomic E-state index is 12.3. The van der Waals surface area contributed by atoms with E-state index in [9.17, 15) is 9.59 Å². The van der Waals surface area contributed by atoms with E-state index in [1.165, 1.54) is 4.57 Å². The predicted molar refractivity (Wildman–Crippen MR) is 86.4 cm³/mol. The maximum Gasteiger partial charge on any atom is 0.282 e. The van der Waals surface area contributed by atoms with Crippen molar-refractivity contribution in [2.45, 2.75) is 0 Å². The largest absolute Gasteiger partial charge is 0.320 e. The van der Waals surface area contributed by atoms with Gasteiger partial charge < -0.3 is 9.88 Å². The molecule has 6 heteroatoms. The summed E-state index contributed by atoms with van der Waals surface area (Å²) in [6, 6.07) is 13.8. The normalized spacial score (nSPS) is 10.6. The zero-order valence-electron chi connectivity index (χ0n) is 11.7. The number of rotatable bonds is 2. The van der Waals surface area contributed by atoms with Gasteiger partial charge in [-0.25, -0.2) is 4.98 Å². The number of hydrogen-bond acceptors (Lipinski definition) is 3. The first-order valence-corrected chi connectivity index (χ1v) is 6.97. The van der Waals surface area contributed by atoms with Crippen LogP contribution in [-0.4, -0.2) is 15.5 Å². The number of carbonyl (C=O) groups excluding carboxylic acids is 1. The van der Waals surface area contributed by atoms with Gasteiger partial charge in [0.05, 0.1) is 11.0 Å². The molecule has 2 aromatic carbocycles. The Balaban J connectivity index is 2.02. The molecular formula is C16H12ClN3O2. The lowest BCUT2D eigenvalue weighted by atomic mass is 10.2. The van der Waals surface area contributed by atoms with Crippen LogP contribution in [0.5, 0.6) is 0 Å². The van der Waals surface area contributed by atoms with E-state index in [0.717, 1.165) is 0 Å². The minimum Gasteiger partial charge on any atom is -0.320 e. The summed E-state index contributed by atoms with van der Waals surface area (Å²) in [5, 5.41) is 3.21. The standard InChI is InChI=1S/C16H12ClN3O2/c1-20-13-5-3-2-4-12(13)19-14(16(20)22)15(21)18-11-8-6-10(17)7-9-11/h2-9H,1H3,(H,18,21). The molecular weight excluding hydrogens is 302 g/mol. The third kappa shape index (κ3) is 2.58. The fraction of sp³-hybridized carbons (Fsp3) is 0.0625. The van der Waals surface area contributed by atoms with E-state index in [-0.39, 0.29) is 5.69 Å². The quantitative estimate of drug-likeness (QED) is 0.791. The van der Waals surface area contributed by atoms with Gasteiger partial charge >= 0.3 is 0 Å². The number of hydrogen-bond donors (Lipinski definition) is 1. The summed E-state index contributed by atoms with van der Waals surface area (Å²) < 4.78 is 1.42. The van der Waals surface area contributed by atoms with E-state index in [2.05, 4.69) is 10.3 Å². The van der Waals surface area contributed by atoms with Crippen molar-refractivity contribution in [1.29, 1.82) is 0 Å². The lowest BCUT2D eigenvalue weighted by Crippen LogP contribution is -2.29. The minimum atomic E-state index is -0.548. The van der Waals surface area contributed by atoms with Crippen LogP contribution in [0, 0.1) is 0 Å². The third-order valence-corrected chi connectivity index (χ3v) is 3.55. The van der Waals surface area contributed by atoms with E-state index in [1.807, 2.05) is 6.07 Å². The van der Waals surface area contributed by atoms with Crippen molar-refractivity contribution in [1.82, 2.24) is 9.55 Å². The number of halogens is 1. The minimum absolute atomic E-state index is 0.142. The lowest BCUT2D eigenvalue weighted by molar-refractivity contribution is 0.102. The van der Waals surface area contributed by atoms with Crippen molar-refractivity contribution < 1.29 is 4.79 Å². The van der Waals surface area contributed by atoms with Crippen LogP contribution in [0.25, 0.3) is 11.0 Å². The number of aryl methyl sites for hydroxylation is 1. The van der Waals surface area contributed by atoms with E-state index in [4.69, 9.17) is 11.6 Å². The molecule has 0 aliphatic heterocycles. The molecule has 5 nitrogen and oxygen atoms in total. The van der Waals surface area contributed by atoms with Crippen LogP contribution < -0.4 is 10.9 Å². The van der Waals surface area contributed by atoms with E-state index in [0.29, 0.717) is 21.7 Å². The van der Waals surface area contributed by atoms with Crippen molar-refractivity contribution >= 4 is 34.2 Å². The molecule has 1 amide bonds. The number of aromatic nitrogens is 2. The molecule has 22 heavy (non-hydrogen) atoms. The number of fused-ring (bicyclic) bond motifs is 1. The van der Waals surface area contributed by atoms with Crippen molar-refractivity contribution in [3.05, 3.63) is 69.6 Å². The van der Waals surface area contributed by atoms with Gasteiger partial charge in [0.25, 0.3) is 11.5 Å². The molecule has 1 heterocycles. The van der Waals surface area contributed by atoms with Crippen molar-refractivity contribution in [2.75, 3.05) is 5.32 Å². The summed E-state index contributed by atoms with van der Waals surface area (Å²) >= 11 is 5.80. The third-order valence-electron chi connectivity index (χ3n) is 3.30. The molecule has 0 spiro atoms. The highest BCUT2D eigenvalue weighted by Crippen LogP contribution is 2.14. The Morgan fingerprint density at radius 2 is 1.82 bits per heavy atom. The highest BCUT2D eigenvalue weighted by atomic mass is 35.5. The van der Waals surface area contributed by atoms with Gasteiger partial charge in [-0.2, -0.15) is 0 Å². The van der Waals surface area contributed by atoms with Gasteiger partial charge in [-0.15, -0.1) is 0 Å². The Bertz CT molecular complexity index is 917. The number of para-hydroxylation sites is 2. The average molecular weight is 314 g/mol. The molecule has 0 fully saturated rings. The number of carbonyl (C=O) groups is 1. The molecule has 0 aliphatic rings. The number of benzene rings is 2. The predicted octanol–water partition coefficient (Wildman–Crippen LogP) is 2.84. The molecule has 0 aliphatic carbocycles. The van der Waals surface area contributed by atoms with Crippen LogP contribution in [0.3, 0.4) is 0 Å². The highest BCUT2D eigenvalue weighted by molar-refractivity contribution is 6.30. The fourth-order valence-electron chi connectivity index (χ4n) is 2.15. The Morgan fingerprint density at radius 1 is 1.14 bits per heavy atom. The van der Waals surface area contributed by atoms with E-state index >= 15 is 0 Å². The Labute approximate surface area is 131 Å². The summed E-state index contributed by atoms with van der Waals surface area (Å²) in [7, 11) is 1.62. The molecule has 0 saturated carbocycles. The fourth-order valence-corrected chi connectivity index (χ4v) is 2.28. The van der Waals surface area contributed by atoms with Gasteiger partial charge in [0, 0.05) is 17.8 Å². The van der Waals surface area contributed by atoms with Gasteiger partial charge in [0.15, 0.2) is 5.69 Å². The monoisotopic (exact) mass is 313 g/mol. The molecule has 110 valence electrons. The Kier molecular flexibility index (Phi) is 3.65. The van der Waals surface area contributed by atoms with Crippen LogP contribution in [0.2, 0.25) is 5.02 Å². The van der Waals surface area contributed by atoms with Crippen LogP contribution in [0.4, 0.5) is 5.69 Å². The molecule has 0 radical (unpaired) electrons. The zero-order valence-corrected chi connectivity index (χ0v) is 12.5. The summed E-state index contributed by atoms with van der Waals surface area (Å²) in [5.41, 5.74) is 1.23. The van der Waals surface area contributed by atoms with Crippen molar-refractivity contribution in [2.24, 2.45) is 7.05 Å². The average Bonchev–Trinajstić information content (AvgIpc) is 2.53. The van der Waals surface area contributed by atoms with Crippen LogP contribution in [0.1, 0.15) is 10.5 Å². The second-order valence-electron chi connectivity index (χ2n) is 4.77. The Morgan fingerprint density at radius 3 is 2.55 bits per heavy atom. The molecule has 3 rings (SSSR count). The first kappa shape index (κ1) is 14.3. The topological polar surface area (TPSA) is 64.0 Å². The van der Waals surface area contributed by atoms with Crippen molar-refractivity contribution in [3.63, 3.8) is 0 Å². The first-order valence-electron chi connectivity index (χ1n) is 6.59. The zero-order chi connectivity index (χ0) is 15.7. The molecule has 1 N–H and O–H groups in total. The lowest BCUT2D eigenvalue weighted by Gasteiger charge is -2.08. The molecule has 0 atom stereocenters. The summed E-state index contributed by atoms with van der Waals surface area (Å²) in [6.45, 7) is 0. The smallest absolute Gasteiger partial charge is 0.282 e. The van der Waals surface area contributed by atoms with Crippen LogP contribution >= 0.6 is 11.6 Å². The first-order chi connectivity index (χ1) is 10.6. The molecule has 0 bridgehead atoms. The van der Waals surface area contributed by atoms with Gasteiger partial charge in [0.1, 0.15) is 0 Å². The van der Waals surface area contributed by atoms with Gasteiger partial charge in [-0.05, 0) is 36.4 Å². The molecule has 3 aromatic rings. The second-order valence-corrected chi connectivity index (χ2v) is 5.21. The summed E-state index contributed by atoms with van der Waals surface area (Å²) in [6.07, 6.45) is 0. The van der Waals surface area contributed by atoms with E-state index < -0.39 is 11.5 Å². The van der Waals surface area contributed by atoms with Gasteiger partial charge in [-0.1, -0.05) is 23.7 Å².